The number of unbranched alkanes of at least 4 members (excludes halogenated alkanes) is 1. The van der Waals surface area contributed by atoms with Gasteiger partial charge in [-0.3, -0.25) is 4.79 Å². The average Bonchev–Trinajstić information content (AvgIpc) is 2.85. The molecule has 0 saturated carbocycles. The van der Waals surface area contributed by atoms with Crippen LogP contribution in [-0.4, -0.2) is 31.3 Å². The van der Waals surface area contributed by atoms with Crippen LogP contribution in [0.1, 0.15) is 41.3 Å². The van der Waals surface area contributed by atoms with E-state index in [0.717, 1.165) is 29.7 Å². The molecule has 0 aliphatic heterocycles. The van der Waals surface area contributed by atoms with Gasteiger partial charge in [-0.05, 0) is 79.1 Å². The number of hydrogen-bond donors (Lipinski definition) is 1. The molecule has 176 valence electrons. The number of ether oxygens (including phenoxy) is 3. The number of amides is 1. The van der Waals surface area contributed by atoms with Crippen LogP contribution in [-0.2, 0) is 4.79 Å². The standard InChI is InChI=1S/C27H28N2O5/c1-3-4-17-32-22-13-15-23(16-14-22)33-19-26(30)29-28-18-21-9-11-24(12-10-21)34-27(31)25-8-6-5-7-20(25)2/h5-16,18H,3-4,17,19H2,1-2H3,(H,29,30). The van der Waals surface area contributed by atoms with Gasteiger partial charge in [0.25, 0.3) is 5.91 Å². The lowest BCUT2D eigenvalue weighted by molar-refractivity contribution is -0.123. The summed E-state index contributed by atoms with van der Waals surface area (Å²) in [6.45, 7) is 4.48. The number of hydrazone groups is 1. The Morgan fingerprint density at radius 1 is 0.882 bits per heavy atom. The molecule has 34 heavy (non-hydrogen) atoms. The Labute approximate surface area is 199 Å². The smallest absolute Gasteiger partial charge is 0.343 e. The SMILES string of the molecule is CCCCOc1ccc(OCC(=O)NN=Cc2ccc(OC(=O)c3ccccc3C)cc2)cc1. The maximum Gasteiger partial charge on any atom is 0.343 e. The summed E-state index contributed by atoms with van der Waals surface area (Å²) >= 11 is 0. The predicted octanol–water partition coefficient (Wildman–Crippen LogP) is 4.92. The lowest BCUT2D eigenvalue weighted by Gasteiger charge is -2.08. The zero-order valence-electron chi connectivity index (χ0n) is 19.3. The highest BCUT2D eigenvalue weighted by molar-refractivity contribution is 5.92. The van der Waals surface area contributed by atoms with Gasteiger partial charge >= 0.3 is 5.97 Å². The van der Waals surface area contributed by atoms with Crippen molar-refractivity contribution in [2.24, 2.45) is 5.10 Å². The summed E-state index contributed by atoms with van der Waals surface area (Å²) in [5, 5.41) is 3.93. The Hall–Kier alpha value is -4.13. The first kappa shape index (κ1) is 24.5. The molecule has 0 atom stereocenters. The Morgan fingerprint density at radius 2 is 1.53 bits per heavy atom. The number of hydrogen-bond acceptors (Lipinski definition) is 6. The van der Waals surface area contributed by atoms with Gasteiger partial charge in [0.1, 0.15) is 17.2 Å². The molecule has 7 nitrogen and oxygen atoms in total. The molecule has 0 unspecified atom stereocenters. The fourth-order valence-electron chi connectivity index (χ4n) is 2.91. The lowest BCUT2D eigenvalue weighted by Crippen LogP contribution is -2.24. The molecule has 0 heterocycles. The molecule has 3 aromatic carbocycles. The van der Waals surface area contributed by atoms with E-state index in [-0.39, 0.29) is 12.5 Å². The average molecular weight is 461 g/mol. The highest BCUT2D eigenvalue weighted by Crippen LogP contribution is 2.18. The van der Waals surface area contributed by atoms with E-state index in [4.69, 9.17) is 14.2 Å². The maximum absolute atomic E-state index is 12.3. The molecule has 0 saturated heterocycles. The Morgan fingerprint density at radius 3 is 2.21 bits per heavy atom. The van der Waals surface area contributed by atoms with Gasteiger partial charge in [0.05, 0.1) is 18.4 Å². The lowest BCUT2D eigenvalue weighted by atomic mass is 10.1. The minimum absolute atomic E-state index is 0.166. The van der Waals surface area contributed by atoms with Crippen LogP contribution in [0.4, 0.5) is 0 Å². The second-order valence-electron chi connectivity index (χ2n) is 7.53. The summed E-state index contributed by atoms with van der Waals surface area (Å²) in [5.74, 6) is 0.960. The van der Waals surface area contributed by atoms with E-state index in [9.17, 15) is 9.59 Å². The van der Waals surface area contributed by atoms with Crippen molar-refractivity contribution in [2.75, 3.05) is 13.2 Å². The van der Waals surface area contributed by atoms with Crippen molar-refractivity contribution in [3.8, 4) is 17.2 Å². The Balaban J connectivity index is 1.41. The number of esters is 1. The van der Waals surface area contributed by atoms with Gasteiger partial charge in [-0.25, -0.2) is 10.2 Å². The Bertz CT molecular complexity index is 1110. The highest BCUT2D eigenvalue weighted by Gasteiger charge is 2.10. The second kappa shape index (κ2) is 12.8. The van der Waals surface area contributed by atoms with Crippen LogP contribution in [0.2, 0.25) is 0 Å². The van der Waals surface area contributed by atoms with Crippen LogP contribution >= 0.6 is 0 Å². The summed E-state index contributed by atoms with van der Waals surface area (Å²) < 4.78 is 16.5. The first-order valence-corrected chi connectivity index (χ1v) is 11.1. The molecule has 0 aliphatic carbocycles. The number of nitrogens with zero attached hydrogens (tertiary/aromatic N) is 1. The molecule has 0 radical (unpaired) electrons. The van der Waals surface area contributed by atoms with Crippen molar-refractivity contribution in [3.05, 3.63) is 89.5 Å². The number of aryl methyl sites for hydroxylation is 1. The molecule has 0 bridgehead atoms. The number of carbonyl (C=O) groups is 2. The third-order valence-electron chi connectivity index (χ3n) is 4.82. The maximum atomic E-state index is 12.3. The highest BCUT2D eigenvalue weighted by atomic mass is 16.5. The first-order chi connectivity index (χ1) is 16.5. The first-order valence-electron chi connectivity index (χ1n) is 11.1. The molecular formula is C27H28N2O5. The molecule has 0 fully saturated rings. The van der Waals surface area contributed by atoms with Crippen LogP contribution in [0.25, 0.3) is 0 Å². The molecule has 0 spiro atoms. The normalized spacial score (nSPS) is 10.6. The van der Waals surface area contributed by atoms with E-state index in [1.165, 1.54) is 6.21 Å². The molecule has 7 heteroatoms. The van der Waals surface area contributed by atoms with E-state index < -0.39 is 5.97 Å². The number of nitrogens with one attached hydrogen (secondary N) is 1. The number of carbonyl (C=O) groups excluding carboxylic acids is 2. The van der Waals surface area contributed by atoms with Gasteiger partial charge in [-0.2, -0.15) is 5.10 Å². The quantitative estimate of drug-likeness (QED) is 0.144. The minimum Gasteiger partial charge on any atom is -0.494 e. The third kappa shape index (κ3) is 7.78. The van der Waals surface area contributed by atoms with Crippen molar-refractivity contribution in [3.63, 3.8) is 0 Å². The van der Waals surface area contributed by atoms with E-state index in [1.807, 2.05) is 31.2 Å². The van der Waals surface area contributed by atoms with Crippen LogP contribution in [0.5, 0.6) is 17.2 Å². The fourth-order valence-corrected chi connectivity index (χ4v) is 2.91. The van der Waals surface area contributed by atoms with Crippen LogP contribution in [0.3, 0.4) is 0 Å². The number of benzene rings is 3. The Kier molecular flexibility index (Phi) is 9.22. The monoisotopic (exact) mass is 460 g/mol. The predicted molar refractivity (Wildman–Crippen MR) is 131 cm³/mol. The van der Waals surface area contributed by atoms with E-state index in [2.05, 4.69) is 17.5 Å². The topological polar surface area (TPSA) is 86.2 Å². The van der Waals surface area contributed by atoms with Gasteiger partial charge in [0.2, 0.25) is 0 Å². The molecule has 1 amide bonds. The summed E-state index contributed by atoms with van der Waals surface area (Å²) in [7, 11) is 0. The summed E-state index contributed by atoms with van der Waals surface area (Å²) in [6.07, 6.45) is 3.58. The van der Waals surface area contributed by atoms with Crippen molar-refractivity contribution in [1.29, 1.82) is 0 Å². The summed E-state index contributed by atoms with van der Waals surface area (Å²) in [4.78, 5) is 24.2. The molecule has 0 aliphatic rings. The zero-order chi connectivity index (χ0) is 24.2. The third-order valence-corrected chi connectivity index (χ3v) is 4.82. The van der Waals surface area contributed by atoms with Crippen molar-refractivity contribution < 1.29 is 23.8 Å². The molecule has 3 rings (SSSR count). The van der Waals surface area contributed by atoms with Gasteiger partial charge in [-0.1, -0.05) is 31.5 Å². The van der Waals surface area contributed by atoms with Crippen molar-refractivity contribution >= 4 is 18.1 Å². The van der Waals surface area contributed by atoms with Crippen molar-refractivity contribution in [1.82, 2.24) is 5.43 Å². The zero-order valence-corrected chi connectivity index (χ0v) is 19.3. The van der Waals surface area contributed by atoms with Gasteiger partial charge in [0.15, 0.2) is 6.61 Å². The second-order valence-corrected chi connectivity index (χ2v) is 7.53. The van der Waals surface area contributed by atoms with E-state index >= 15 is 0 Å². The molecule has 0 aromatic heterocycles. The summed E-state index contributed by atoms with van der Waals surface area (Å²) in [5.41, 5.74) is 4.52. The minimum atomic E-state index is -0.412. The number of rotatable bonds is 11. The van der Waals surface area contributed by atoms with Crippen LogP contribution < -0.4 is 19.6 Å². The fraction of sp³-hybridized carbons (Fsp3) is 0.222. The van der Waals surface area contributed by atoms with Gasteiger partial charge in [-0.15, -0.1) is 0 Å². The molecule has 1 N–H and O–H groups in total. The summed E-state index contributed by atoms with van der Waals surface area (Å²) in [6, 6.07) is 21.2. The van der Waals surface area contributed by atoms with Crippen LogP contribution in [0, 0.1) is 6.92 Å². The van der Waals surface area contributed by atoms with E-state index in [0.29, 0.717) is 23.7 Å². The largest absolute Gasteiger partial charge is 0.494 e. The molecular weight excluding hydrogens is 432 g/mol. The van der Waals surface area contributed by atoms with Crippen molar-refractivity contribution in [2.45, 2.75) is 26.7 Å². The molecule has 3 aromatic rings. The van der Waals surface area contributed by atoms with Gasteiger partial charge in [0, 0.05) is 0 Å². The van der Waals surface area contributed by atoms with Crippen LogP contribution in [0.15, 0.2) is 77.9 Å². The van der Waals surface area contributed by atoms with E-state index in [1.54, 1.807) is 48.5 Å². The van der Waals surface area contributed by atoms with Gasteiger partial charge < -0.3 is 14.2 Å².